The van der Waals surface area contributed by atoms with Crippen molar-refractivity contribution in [3.63, 3.8) is 0 Å². The molecule has 132 valence electrons. The maximum Gasteiger partial charge on any atom is 0.253 e. The van der Waals surface area contributed by atoms with Gasteiger partial charge in [-0.2, -0.15) is 4.80 Å². The molecule has 0 atom stereocenters. The van der Waals surface area contributed by atoms with Gasteiger partial charge in [-0.05, 0) is 29.5 Å². The van der Waals surface area contributed by atoms with Crippen LogP contribution in [0.5, 0.6) is 0 Å². The van der Waals surface area contributed by atoms with E-state index < -0.39 is 0 Å². The quantitative estimate of drug-likeness (QED) is 0.708. The number of benzene rings is 1. The van der Waals surface area contributed by atoms with Crippen molar-refractivity contribution in [1.29, 1.82) is 0 Å². The third-order valence-electron chi connectivity index (χ3n) is 4.49. The molecule has 3 heterocycles. The number of piperazine rings is 1. The summed E-state index contributed by atoms with van der Waals surface area (Å²) in [5.74, 6) is 0.607. The Morgan fingerprint density at radius 2 is 1.65 bits per heavy atom. The van der Waals surface area contributed by atoms with E-state index in [-0.39, 0.29) is 5.91 Å². The molecular weight excluding hydrogens is 330 g/mol. The number of aromatic nitrogens is 5. The zero-order valence-corrected chi connectivity index (χ0v) is 14.5. The highest BCUT2D eigenvalue weighted by molar-refractivity contribution is 5.94. The molecule has 1 saturated heterocycles. The van der Waals surface area contributed by atoms with Crippen LogP contribution in [-0.2, 0) is 7.05 Å². The molecule has 0 bridgehead atoms. The minimum absolute atomic E-state index is 0.0537. The van der Waals surface area contributed by atoms with Crippen molar-refractivity contribution in [3.05, 3.63) is 54.4 Å². The van der Waals surface area contributed by atoms with Crippen molar-refractivity contribution in [2.75, 3.05) is 31.1 Å². The van der Waals surface area contributed by atoms with E-state index in [1.165, 1.54) is 4.80 Å². The normalized spacial score (nSPS) is 14.5. The van der Waals surface area contributed by atoms with Crippen LogP contribution in [0.4, 0.5) is 5.69 Å². The minimum atomic E-state index is 0.0537. The number of carbonyl (C=O) groups is 1. The summed E-state index contributed by atoms with van der Waals surface area (Å²) in [6.45, 7) is 3.04. The van der Waals surface area contributed by atoms with Gasteiger partial charge in [0.05, 0.1) is 7.05 Å². The lowest BCUT2D eigenvalue weighted by Crippen LogP contribution is -2.48. The number of tetrazole rings is 1. The molecule has 1 fully saturated rings. The first-order chi connectivity index (χ1) is 12.7. The van der Waals surface area contributed by atoms with E-state index in [4.69, 9.17) is 0 Å². The van der Waals surface area contributed by atoms with Gasteiger partial charge in [0.1, 0.15) is 0 Å². The highest BCUT2D eigenvalue weighted by Crippen LogP contribution is 2.18. The molecule has 0 spiro atoms. The van der Waals surface area contributed by atoms with Crippen molar-refractivity contribution in [3.8, 4) is 11.4 Å². The molecule has 0 N–H and O–H groups in total. The van der Waals surface area contributed by atoms with Gasteiger partial charge in [0.15, 0.2) is 0 Å². The third-order valence-corrected chi connectivity index (χ3v) is 4.49. The van der Waals surface area contributed by atoms with Gasteiger partial charge in [0, 0.05) is 55.4 Å². The van der Waals surface area contributed by atoms with Crippen molar-refractivity contribution in [2.24, 2.45) is 7.05 Å². The molecule has 2 aromatic heterocycles. The Morgan fingerprint density at radius 1 is 0.962 bits per heavy atom. The Morgan fingerprint density at radius 3 is 2.27 bits per heavy atom. The fourth-order valence-electron chi connectivity index (χ4n) is 3.07. The molecule has 4 rings (SSSR count). The molecule has 26 heavy (non-hydrogen) atoms. The topological polar surface area (TPSA) is 80.0 Å². The van der Waals surface area contributed by atoms with Gasteiger partial charge in [-0.15, -0.1) is 10.2 Å². The van der Waals surface area contributed by atoms with Crippen LogP contribution in [0.1, 0.15) is 10.4 Å². The van der Waals surface area contributed by atoms with Crippen LogP contribution in [-0.4, -0.2) is 62.2 Å². The SMILES string of the molecule is Cn1nnc(-c2ccc(C(=O)N3CCN(c4ccncc4)CC3)cc2)n1. The zero-order valence-electron chi connectivity index (χ0n) is 14.5. The summed E-state index contributed by atoms with van der Waals surface area (Å²) in [5.41, 5.74) is 2.67. The lowest BCUT2D eigenvalue weighted by molar-refractivity contribution is 0.0747. The Kier molecular flexibility index (Phi) is 4.30. The smallest absolute Gasteiger partial charge is 0.253 e. The molecule has 0 saturated carbocycles. The average Bonchev–Trinajstić information content (AvgIpc) is 3.15. The summed E-state index contributed by atoms with van der Waals surface area (Å²) >= 11 is 0. The first kappa shape index (κ1) is 16.2. The molecule has 8 nitrogen and oxygen atoms in total. The molecule has 8 heteroatoms. The second-order valence-electron chi connectivity index (χ2n) is 6.16. The summed E-state index contributed by atoms with van der Waals surface area (Å²) in [5, 5.41) is 12.0. The predicted molar refractivity (Wildman–Crippen MR) is 96.6 cm³/mol. The largest absolute Gasteiger partial charge is 0.368 e. The Hall–Kier alpha value is -3.29. The molecule has 1 amide bonds. The Bertz CT molecular complexity index is 883. The number of anilines is 1. The van der Waals surface area contributed by atoms with Crippen LogP contribution < -0.4 is 4.90 Å². The van der Waals surface area contributed by atoms with E-state index in [0.29, 0.717) is 24.5 Å². The molecule has 0 radical (unpaired) electrons. The van der Waals surface area contributed by atoms with E-state index >= 15 is 0 Å². The van der Waals surface area contributed by atoms with Crippen LogP contribution in [0.25, 0.3) is 11.4 Å². The Labute approximate surface area is 151 Å². The van der Waals surface area contributed by atoms with E-state index in [1.54, 1.807) is 19.4 Å². The molecular formula is C18H19N7O. The van der Waals surface area contributed by atoms with Crippen LogP contribution in [0.3, 0.4) is 0 Å². The number of rotatable bonds is 3. The summed E-state index contributed by atoms with van der Waals surface area (Å²) in [6.07, 6.45) is 3.58. The third kappa shape index (κ3) is 3.26. The van der Waals surface area contributed by atoms with Gasteiger partial charge in [-0.1, -0.05) is 12.1 Å². The molecule has 0 unspecified atom stereocenters. The fourth-order valence-corrected chi connectivity index (χ4v) is 3.07. The first-order valence-corrected chi connectivity index (χ1v) is 8.49. The maximum absolute atomic E-state index is 12.7. The van der Waals surface area contributed by atoms with Gasteiger partial charge in [0.2, 0.25) is 5.82 Å². The highest BCUT2D eigenvalue weighted by Gasteiger charge is 2.22. The molecule has 1 aromatic carbocycles. The lowest BCUT2D eigenvalue weighted by atomic mass is 10.1. The molecule has 0 aliphatic carbocycles. The van der Waals surface area contributed by atoms with Crippen LogP contribution in [0.15, 0.2) is 48.8 Å². The summed E-state index contributed by atoms with van der Waals surface area (Å²) in [4.78, 5) is 22.4. The van der Waals surface area contributed by atoms with Crippen molar-refractivity contribution >= 4 is 11.6 Å². The van der Waals surface area contributed by atoms with Gasteiger partial charge in [-0.3, -0.25) is 9.78 Å². The number of nitrogens with zero attached hydrogens (tertiary/aromatic N) is 7. The standard InChI is InChI=1S/C18H19N7O/c1-23-21-17(20-22-23)14-2-4-15(5-3-14)18(26)25-12-10-24(11-13-25)16-6-8-19-9-7-16/h2-9H,10-13H2,1H3. The minimum Gasteiger partial charge on any atom is -0.368 e. The van der Waals surface area contributed by atoms with Crippen LogP contribution in [0, 0.1) is 0 Å². The van der Waals surface area contributed by atoms with Gasteiger partial charge < -0.3 is 9.80 Å². The van der Waals surface area contributed by atoms with Crippen LogP contribution in [0.2, 0.25) is 0 Å². The first-order valence-electron chi connectivity index (χ1n) is 8.49. The van der Waals surface area contributed by atoms with Gasteiger partial charge in [0.25, 0.3) is 5.91 Å². The maximum atomic E-state index is 12.7. The molecule has 1 aliphatic heterocycles. The number of aryl methyl sites for hydroxylation is 1. The van der Waals surface area contributed by atoms with Crippen molar-refractivity contribution in [2.45, 2.75) is 0 Å². The summed E-state index contributed by atoms with van der Waals surface area (Å²) in [6, 6.07) is 11.4. The van der Waals surface area contributed by atoms with E-state index in [2.05, 4.69) is 25.3 Å². The highest BCUT2D eigenvalue weighted by atomic mass is 16.2. The number of amides is 1. The van der Waals surface area contributed by atoms with Gasteiger partial charge in [-0.25, -0.2) is 0 Å². The van der Waals surface area contributed by atoms with E-state index in [9.17, 15) is 4.79 Å². The second kappa shape index (κ2) is 6.91. The number of pyridine rings is 1. The lowest BCUT2D eigenvalue weighted by Gasteiger charge is -2.36. The predicted octanol–water partition coefficient (Wildman–Crippen LogP) is 1.23. The summed E-state index contributed by atoms with van der Waals surface area (Å²) in [7, 11) is 1.72. The van der Waals surface area contributed by atoms with Crippen molar-refractivity contribution in [1.82, 2.24) is 30.1 Å². The van der Waals surface area contributed by atoms with Crippen molar-refractivity contribution < 1.29 is 4.79 Å². The van der Waals surface area contributed by atoms with E-state index in [1.807, 2.05) is 41.3 Å². The van der Waals surface area contributed by atoms with Gasteiger partial charge >= 0.3 is 0 Å². The second-order valence-corrected chi connectivity index (χ2v) is 6.16. The summed E-state index contributed by atoms with van der Waals surface area (Å²) < 4.78 is 0. The Balaban J connectivity index is 1.40. The van der Waals surface area contributed by atoms with Crippen LogP contribution >= 0.6 is 0 Å². The number of hydrogen-bond donors (Lipinski definition) is 0. The number of carbonyl (C=O) groups excluding carboxylic acids is 1. The molecule has 3 aromatic rings. The average molecular weight is 349 g/mol. The zero-order chi connectivity index (χ0) is 17.9. The number of hydrogen-bond acceptors (Lipinski definition) is 6. The monoisotopic (exact) mass is 349 g/mol. The fraction of sp³-hybridized carbons (Fsp3) is 0.278. The van der Waals surface area contributed by atoms with E-state index in [0.717, 1.165) is 24.3 Å². The molecule has 1 aliphatic rings.